The summed E-state index contributed by atoms with van der Waals surface area (Å²) in [5, 5.41) is 0. The van der Waals surface area contributed by atoms with Gasteiger partial charge in [0.15, 0.2) is 5.82 Å². The van der Waals surface area contributed by atoms with Crippen LogP contribution in [0.15, 0.2) is 49.1 Å². The number of benzene rings is 1. The van der Waals surface area contributed by atoms with E-state index in [9.17, 15) is 9.18 Å². The van der Waals surface area contributed by atoms with Gasteiger partial charge in [-0.3, -0.25) is 9.78 Å². The average molecular weight is 402 g/mol. The Kier molecular flexibility index (Phi) is 3.65. The maximum absolute atomic E-state index is 14.7. The molecular formula is C22H19FN6O. The lowest BCUT2D eigenvalue weighted by Crippen LogP contribution is -2.43. The van der Waals surface area contributed by atoms with Crippen LogP contribution in [0.3, 0.4) is 0 Å². The number of carbonyl (C=O) groups excluding carboxylic acids is 1. The Labute approximate surface area is 172 Å². The molecule has 8 heteroatoms. The highest BCUT2D eigenvalue weighted by Gasteiger charge is 2.69. The van der Waals surface area contributed by atoms with E-state index in [0.717, 1.165) is 24.4 Å². The van der Waals surface area contributed by atoms with Crippen LogP contribution in [0.4, 0.5) is 10.2 Å². The number of rotatable bonds is 3. The summed E-state index contributed by atoms with van der Waals surface area (Å²) in [6.07, 6.45) is 8.57. The van der Waals surface area contributed by atoms with Gasteiger partial charge in [0.25, 0.3) is 5.91 Å². The van der Waals surface area contributed by atoms with Crippen molar-refractivity contribution in [3.8, 4) is 11.4 Å². The zero-order chi connectivity index (χ0) is 20.4. The van der Waals surface area contributed by atoms with Gasteiger partial charge in [-0.05, 0) is 38.0 Å². The lowest BCUT2D eigenvalue weighted by molar-refractivity contribution is 0.0712. The standard InChI is InChI=1S/C22H19FN6O/c1-12-10-27-17(11-26-12)29-19-15-6-7-16(20(19)29)28(15)22(30)13-4-2-5-14(23)18(13)21-24-8-3-9-25-21/h2-5,8-11,15-16,19-20H,6-7H2,1H3. The summed E-state index contributed by atoms with van der Waals surface area (Å²) in [5.41, 5.74) is 1.37. The smallest absolute Gasteiger partial charge is 0.255 e. The molecule has 0 aliphatic carbocycles. The first-order valence-corrected chi connectivity index (χ1v) is 10.1. The van der Waals surface area contributed by atoms with Crippen molar-refractivity contribution >= 4 is 11.7 Å². The van der Waals surface area contributed by atoms with E-state index in [1.54, 1.807) is 43.0 Å². The zero-order valence-corrected chi connectivity index (χ0v) is 16.3. The molecule has 1 amide bonds. The van der Waals surface area contributed by atoms with E-state index < -0.39 is 5.82 Å². The van der Waals surface area contributed by atoms with Crippen LogP contribution >= 0.6 is 0 Å². The highest BCUT2D eigenvalue weighted by molar-refractivity contribution is 6.01. The van der Waals surface area contributed by atoms with E-state index in [1.165, 1.54) is 6.07 Å². The first-order valence-electron chi connectivity index (χ1n) is 10.1. The fraction of sp³-hybridized carbons (Fsp3) is 0.318. The fourth-order valence-electron chi connectivity index (χ4n) is 5.25. The van der Waals surface area contributed by atoms with Crippen LogP contribution in [0, 0.1) is 12.7 Å². The van der Waals surface area contributed by atoms with Gasteiger partial charge >= 0.3 is 0 Å². The van der Waals surface area contributed by atoms with E-state index in [2.05, 4.69) is 24.8 Å². The van der Waals surface area contributed by atoms with Crippen molar-refractivity contribution in [3.05, 3.63) is 66.1 Å². The van der Waals surface area contributed by atoms with Crippen LogP contribution < -0.4 is 4.90 Å². The maximum atomic E-state index is 14.7. The van der Waals surface area contributed by atoms with E-state index in [1.807, 2.05) is 11.8 Å². The third-order valence-corrected chi connectivity index (χ3v) is 6.46. The molecule has 2 aromatic heterocycles. The largest absolute Gasteiger partial charge is 0.341 e. The van der Waals surface area contributed by atoms with Crippen molar-refractivity contribution in [2.75, 3.05) is 4.90 Å². The second kappa shape index (κ2) is 6.29. The van der Waals surface area contributed by atoms with Gasteiger partial charge in [0.2, 0.25) is 0 Å². The molecule has 0 spiro atoms. The molecule has 3 aliphatic rings. The van der Waals surface area contributed by atoms with Gasteiger partial charge in [-0.2, -0.15) is 0 Å². The molecule has 6 rings (SSSR count). The van der Waals surface area contributed by atoms with Gasteiger partial charge in [-0.25, -0.2) is 19.3 Å². The molecule has 5 heterocycles. The van der Waals surface area contributed by atoms with Gasteiger partial charge < -0.3 is 9.80 Å². The number of carbonyl (C=O) groups is 1. The minimum absolute atomic E-state index is 0.100. The van der Waals surface area contributed by atoms with Crippen molar-refractivity contribution in [2.45, 2.75) is 43.9 Å². The molecule has 3 saturated heterocycles. The van der Waals surface area contributed by atoms with Gasteiger partial charge in [0.1, 0.15) is 11.6 Å². The molecule has 0 N–H and O–H groups in total. The predicted octanol–water partition coefficient (Wildman–Crippen LogP) is 2.63. The predicted molar refractivity (Wildman–Crippen MR) is 107 cm³/mol. The summed E-state index contributed by atoms with van der Waals surface area (Å²) < 4.78 is 14.7. The summed E-state index contributed by atoms with van der Waals surface area (Å²) in [4.78, 5) is 35.0. The first kappa shape index (κ1) is 17.4. The third-order valence-electron chi connectivity index (χ3n) is 6.46. The number of anilines is 1. The summed E-state index contributed by atoms with van der Waals surface area (Å²) in [6, 6.07) is 6.97. The molecule has 4 unspecified atom stereocenters. The van der Waals surface area contributed by atoms with Crippen molar-refractivity contribution in [1.29, 1.82) is 0 Å². The van der Waals surface area contributed by atoms with E-state index in [-0.39, 0.29) is 41.5 Å². The molecule has 1 aromatic carbocycles. The summed E-state index contributed by atoms with van der Waals surface area (Å²) >= 11 is 0. The minimum atomic E-state index is -0.486. The van der Waals surface area contributed by atoms with Crippen LogP contribution in [-0.2, 0) is 0 Å². The van der Waals surface area contributed by atoms with Crippen molar-refractivity contribution in [1.82, 2.24) is 24.8 Å². The Bertz CT molecular complexity index is 1120. The van der Waals surface area contributed by atoms with E-state index in [4.69, 9.17) is 0 Å². The van der Waals surface area contributed by atoms with E-state index >= 15 is 0 Å². The van der Waals surface area contributed by atoms with Crippen LogP contribution in [0.25, 0.3) is 11.4 Å². The molecule has 3 aromatic rings. The normalized spacial score (nSPS) is 26.1. The number of amides is 1. The second-order valence-corrected chi connectivity index (χ2v) is 8.06. The molecule has 2 bridgehead atoms. The topological polar surface area (TPSA) is 74.9 Å². The molecule has 3 fully saturated rings. The number of halogens is 1. The molecule has 7 nitrogen and oxygen atoms in total. The van der Waals surface area contributed by atoms with Crippen LogP contribution in [0.5, 0.6) is 0 Å². The number of hydrogen-bond donors (Lipinski definition) is 0. The number of fused-ring (bicyclic) bond motifs is 5. The Morgan fingerprint density at radius 1 is 1.00 bits per heavy atom. The summed E-state index contributed by atoms with van der Waals surface area (Å²) in [6.45, 7) is 1.91. The molecule has 30 heavy (non-hydrogen) atoms. The molecule has 4 atom stereocenters. The number of hydrogen-bond acceptors (Lipinski definition) is 6. The first-order chi connectivity index (χ1) is 14.6. The van der Waals surface area contributed by atoms with Crippen molar-refractivity contribution in [3.63, 3.8) is 0 Å². The van der Waals surface area contributed by atoms with E-state index in [0.29, 0.717) is 5.56 Å². The number of aromatic nitrogens is 4. The number of piperazine rings is 1. The van der Waals surface area contributed by atoms with Crippen LogP contribution in [0.2, 0.25) is 0 Å². The van der Waals surface area contributed by atoms with Gasteiger partial charge in [0.05, 0.1) is 53.4 Å². The van der Waals surface area contributed by atoms with Gasteiger partial charge in [-0.1, -0.05) is 6.07 Å². The average Bonchev–Trinajstić information content (AvgIpc) is 3.27. The molecule has 0 radical (unpaired) electrons. The zero-order valence-electron chi connectivity index (χ0n) is 16.3. The second-order valence-electron chi connectivity index (χ2n) is 8.06. The Balaban J connectivity index is 1.32. The molecule has 150 valence electrons. The van der Waals surface area contributed by atoms with Crippen LogP contribution in [0.1, 0.15) is 28.9 Å². The molecular weight excluding hydrogens is 383 g/mol. The Morgan fingerprint density at radius 3 is 2.40 bits per heavy atom. The SMILES string of the molecule is Cc1cnc(N2C3C4CCC(C32)N4C(=O)c2cccc(F)c2-c2ncccn2)cn1. The van der Waals surface area contributed by atoms with Gasteiger partial charge in [-0.15, -0.1) is 0 Å². The Morgan fingerprint density at radius 2 is 1.73 bits per heavy atom. The summed E-state index contributed by atoms with van der Waals surface area (Å²) in [7, 11) is 0. The van der Waals surface area contributed by atoms with Gasteiger partial charge in [0, 0.05) is 12.4 Å². The lowest BCUT2D eigenvalue weighted by Gasteiger charge is -2.28. The van der Waals surface area contributed by atoms with Crippen LogP contribution in [-0.4, -0.2) is 54.9 Å². The molecule has 3 aliphatic heterocycles. The van der Waals surface area contributed by atoms with Crippen molar-refractivity contribution < 1.29 is 9.18 Å². The van der Waals surface area contributed by atoms with Crippen molar-refractivity contribution in [2.24, 2.45) is 0 Å². The Hall–Kier alpha value is -3.42. The third kappa shape index (κ3) is 2.39. The minimum Gasteiger partial charge on any atom is -0.341 e. The molecule has 0 saturated carbocycles. The highest BCUT2D eigenvalue weighted by Crippen LogP contribution is 2.54. The summed E-state index contributed by atoms with van der Waals surface area (Å²) in [5.74, 6) is 0.461. The highest BCUT2D eigenvalue weighted by atomic mass is 19.1. The number of aryl methyl sites for hydroxylation is 1. The maximum Gasteiger partial charge on any atom is 0.255 e. The monoisotopic (exact) mass is 402 g/mol. The fourth-order valence-corrected chi connectivity index (χ4v) is 5.25. The lowest BCUT2D eigenvalue weighted by atomic mass is 10.0. The quantitative estimate of drug-likeness (QED) is 0.627. The number of nitrogens with zero attached hydrogens (tertiary/aromatic N) is 6.